The maximum atomic E-state index is 4.40. The Morgan fingerprint density at radius 3 is 3.05 bits per heavy atom. The van der Waals surface area contributed by atoms with Gasteiger partial charge in [-0.15, -0.1) is 11.3 Å². The summed E-state index contributed by atoms with van der Waals surface area (Å²) in [4.78, 5) is 12.3. The van der Waals surface area contributed by atoms with Crippen molar-refractivity contribution < 1.29 is 0 Å². The zero-order valence-electron chi connectivity index (χ0n) is 11.8. The Balaban J connectivity index is 1.72. The molecule has 0 amide bonds. The highest BCUT2D eigenvalue weighted by atomic mass is 32.1. The van der Waals surface area contributed by atoms with Gasteiger partial charge < -0.3 is 10.2 Å². The minimum absolute atomic E-state index is 0.726. The van der Waals surface area contributed by atoms with Gasteiger partial charge in [0.05, 0.1) is 6.54 Å². The molecule has 1 aromatic heterocycles. The number of hydrogen-bond acceptors (Lipinski definition) is 3. The van der Waals surface area contributed by atoms with E-state index >= 15 is 0 Å². The number of aliphatic imine (C=N–C) groups is 1. The number of anilines is 1. The Labute approximate surface area is 123 Å². The second-order valence-corrected chi connectivity index (χ2v) is 6.12. The van der Waals surface area contributed by atoms with Gasteiger partial charge in [-0.3, -0.25) is 4.99 Å². The molecule has 0 spiro atoms. The Kier molecular flexibility index (Phi) is 3.69. The lowest BCUT2D eigenvalue weighted by molar-refractivity contribution is 0.859. The number of aryl methyl sites for hydroxylation is 1. The predicted octanol–water partition coefficient (Wildman–Crippen LogP) is 2.59. The number of nitrogens with zero attached hydrogens (tertiary/aromatic N) is 3. The van der Waals surface area contributed by atoms with Crippen molar-refractivity contribution in [1.82, 2.24) is 10.3 Å². The average molecular weight is 286 g/mol. The highest BCUT2D eigenvalue weighted by Crippen LogP contribution is 2.27. The predicted molar refractivity (Wildman–Crippen MR) is 84.5 cm³/mol. The minimum Gasteiger partial charge on any atom is -0.349 e. The molecule has 5 heteroatoms. The van der Waals surface area contributed by atoms with E-state index in [1.807, 2.05) is 13.2 Å². The van der Waals surface area contributed by atoms with Crippen molar-refractivity contribution in [3.8, 4) is 0 Å². The fourth-order valence-electron chi connectivity index (χ4n) is 2.49. The van der Waals surface area contributed by atoms with Crippen LogP contribution in [0.25, 0.3) is 0 Å². The van der Waals surface area contributed by atoms with E-state index in [4.69, 9.17) is 0 Å². The number of hydrogen-bond donors (Lipinski definition) is 1. The smallest absolute Gasteiger partial charge is 0.198 e. The fraction of sp³-hybridized carbons (Fsp3) is 0.333. The Bertz CT molecular complexity index is 632. The van der Waals surface area contributed by atoms with Crippen LogP contribution in [-0.2, 0) is 13.0 Å². The minimum atomic E-state index is 0.726. The lowest BCUT2D eigenvalue weighted by atomic mass is 10.2. The largest absolute Gasteiger partial charge is 0.349 e. The third-order valence-electron chi connectivity index (χ3n) is 3.42. The van der Waals surface area contributed by atoms with E-state index in [9.17, 15) is 0 Å². The second-order valence-electron chi connectivity index (χ2n) is 4.80. The molecule has 0 unspecified atom stereocenters. The summed E-state index contributed by atoms with van der Waals surface area (Å²) in [5, 5.41) is 4.50. The molecule has 0 bridgehead atoms. The van der Waals surface area contributed by atoms with Crippen molar-refractivity contribution >= 4 is 23.0 Å². The molecule has 1 aromatic carbocycles. The molecule has 1 N–H and O–H groups in total. The number of rotatable bonds is 2. The highest BCUT2D eigenvalue weighted by molar-refractivity contribution is 7.11. The van der Waals surface area contributed by atoms with Crippen LogP contribution in [0.5, 0.6) is 0 Å². The van der Waals surface area contributed by atoms with Crippen molar-refractivity contribution in [2.45, 2.75) is 19.9 Å². The van der Waals surface area contributed by atoms with Crippen LogP contribution in [0.4, 0.5) is 5.69 Å². The summed E-state index contributed by atoms with van der Waals surface area (Å²) in [5.41, 5.74) is 2.65. The van der Waals surface area contributed by atoms with Gasteiger partial charge in [0, 0.05) is 30.4 Å². The number of fused-ring (bicyclic) bond motifs is 1. The molecule has 1 aliphatic rings. The number of benzene rings is 1. The summed E-state index contributed by atoms with van der Waals surface area (Å²) < 4.78 is 0. The van der Waals surface area contributed by atoms with E-state index < -0.39 is 0 Å². The van der Waals surface area contributed by atoms with Gasteiger partial charge in [-0.25, -0.2) is 4.98 Å². The molecule has 104 valence electrons. The van der Waals surface area contributed by atoms with Gasteiger partial charge in [0.2, 0.25) is 0 Å². The van der Waals surface area contributed by atoms with Gasteiger partial charge in [-0.05, 0) is 25.0 Å². The lowest BCUT2D eigenvalue weighted by Crippen LogP contribution is -2.40. The molecule has 0 aliphatic carbocycles. The van der Waals surface area contributed by atoms with E-state index in [1.54, 1.807) is 11.3 Å². The first-order valence-corrected chi connectivity index (χ1v) is 7.57. The zero-order valence-corrected chi connectivity index (χ0v) is 12.6. The monoisotopic (exact) mass is 286 g/mol. The molecule has 2 heterocycles. The van der Waals surface area contributed by atoms with Crippen molar-refractivity contribution in [3.63, 3.8) is 0 Å². The van der Waals surface area contributed by atoms with Gasteiger partial charge in [-0.2, -0.15) is 0 Å². The Morgan fingerprint density at radius 2 is 2.30 bits per heavy atom. The van der Waals surface area contributed by atoms with E-state index in [1.165, 1.54) is 16.1 Å². The molecule has 0 fully saturated rings. The van der Waals surface area contributed by atoms with Gasteiger partial charge in [0.15, 0.2) is 5.96 Å². The van der Waals surface area contributed by atoms with E-state index in [0.717, 1.165) is 30.5 Å². The number of para-hydroxylation sites is 1. The van der Waals surface area contributed by atoms with Crippen molar-refractivity contribution in [2.24, 2.45) is 4.99 Å². The summed E-state index contributed by atoms with van der Waals surface area (Å²) >= 11 is 1.72. The summed E-state index contributed by atoms with van der Waals surface area (Å²) in [6.07, 6.45) is 2.99. The van der Waals surface area contributed by atoms with Crippen LogP contribution in [0.2, 0.25) is 0 Å². The molecular formula is C15H18N4S. The quantitative estimate of drug-likeness (QED) is 0.681. The first-order chi connectivity index (χ1) is 9.78. The van der Waals surface area contributed by atoms with Crippen LogP contribution < -0.4 is 10.2 Å². The maximum absolute atomic E-state index is 4.40. The molecule has 20 heavy (non-hydrogen) atoms. The standard InChI is InChI=1S/C15H18N4S/c1-11-9-17-14(20-11)10-18-15(16-2)19-8-7-12-5-3-4-6-13(12)19/h3-6,9H,7-8,10H2,1-2H3,(H,16,18). The van der Waals surface area contributed by atoms with Crippen molar-refractivity contribution in [1.29, 1.82) is 0 Å². The van der Waals surface area contributed by atoms with Gasteiger partial charge in [0.1, 0.15) is 5.01 Å². The van der Waals surface area contributed by atoms with Crippen LogP contribution >= 0.6 is 11.3 Å². The maximum Gasteiger partial charge on any atom is 0.198 e. The summed E-state index contributed by atoms with van der Waals surface area (Å²) in [7, 11) is 1.83. The van der Waals surface area contributed by atoms with E-state index in [-0.39, 0.29) is 0 Å². The van der Waals surface area contributed by atoms with E-state index in [2.05, 4.69) is 51.4 Å². The fourth-order valence-corrected chi connectivity index (χ4v) is 3.22. The first-order valence-electron chi connectivity index (χ1n) is 6.75. The van der Waals surface area contributed by atoms with Gasteiger partial charge >= 0.3 is 0 Å². The molecule has 4 nitrogen and oxygen atoms in total. The van der Waals surface area contributed by atoms with Crippen molar-refractivity contribution in [3.05, 3.63) is 45.9 Å². The highest BCUT2D eigenvalue weighted by Gasteiger charge is 2.22. The third-order valence-corrected chi connectivity index (χ3v) is 4.33. The molecule has 0 atom stereocenters. The normalized spacial score (nSPS) is 14.5. The molecule has 0 radical (unpaired) electrons. The number of nitrogens with one attached hydrogen (secondary N) is 1. The van der Waals surface area contributed by atoms with Crippen molar-refractivity contribution in [2.75, 3.05) is 18.5 Å². The molecule has 0 saturated heterocycles. The average Bonchev–Trinajstić information content (AvgIpc) is 3.07. The SMILES string of the molecule is CN=C(NCc1ncc(C)s1)N1CCc2ccccc21. The Hall–Kier alpha value is -1.88. The van der Waals surface area contributed by atoms with Crippen LogP contribution in [0.1, 0.15) is 15.4 Å². The second kappa shape index (κ2) is 5.63. The molecular weight excluding hydrogens is 268 g/mol. The summed E-state index contributed by atoms with van der Waals surface area (Å²) in [6, 6.07) is 8.51. The third kappa shape index (κ3) is 2.54. The Morgan fingerprint density at radius 1 is 1.45 bits per heavy atom. The number of aromatic nitrogens is 1. The van der Waals surface area contributed by atoms with Gasteiger partial charge in [0.25, 0.3) is 0 Å². The topological polar surface area (TPSA) is 40.5 Å². The van der Waals surface area contributed by atoms with Crippen LogP contribution in [-0.4, -0.2) is 24.5 Å². The van der Waals surface area contributed by atoms with Crippen LogP contribution in [0.3, 0.4) is 0 Å². The number of thiazole rings is 1. The van der Waals surface area contributed by atoms with E-state index in [0.29, 0.717) is 0 Å². The zero-order chi connectivity index (χ0) is 13.9. The summed E-state index contributed by atoms with van der Waals surface area (Å²) in [6.45, 7) is 3.78. The molecule has 3 rings (SSSR count). The number of guanidine groups is 1. The van der Waals surface area contributed by atoms with Gasteiger partial charge in [-0.1, -0.05) is 18.2 Å². The van der Waals surface area contributed by atoms with Crippen LogP contribution in [0, 0.1) is 6.92 Å². The summed E-state index contributed by atoms with van der Waals surface area (Å²) in [5.74, 6) is 0.919. The molecule has 2 aromatic rings. The first kappa shape index (κ1) is 13.1. The lowest BCUT2D eigenvalue weighted by Gasteiger charge is -2.21. The molecule has 0 saturated carbocycles. The molecule has 1 aliphatic heterocycles. The van der Waals surface area contributed by atoms with Crippen LogP contribution in [0.15, 0.2) is 35.5 Å².